The van der Waals surface area contributed by atoms with Gasteiger partial charge in [0, 0.05) is 55.3 Å². The summed E-state index contributed by atoms with van der Waals surface area (Å²) in [5.74, 6) is 0.719. The first kappa shape index (κ1) is 32.4. The second kappa shape index (κ2) is 14.3. The number of nitrogens with one attached hydrogen (secondary N) is 1. The standard InChI is InChI=1S/C34H37F3N4O3/c1-5-23-6-7-28(39-19-23)9-11-44-31-17-30(43-4)15-26-8-10-41(33(42)32(26)31)21-24-13-27(34(35,36)37)16-29(14-24)40-20-25(18-38)12-22(2)3/h6-7,12-17,19,22,40H,5,8-11,20-21H2,1-4H3. The van der Waals surface area contributed by atoms with Gasteiger partial charge in [-0.05, 0) is 65.8 Å². The van der Waals surface area contributed by atoms with Gasteiger partial charge in [-0.2, -0.15) is 18.4 Å². The highest BCUT2D eigenvalue weighted by Crippen LogP contribution is 2.35. The topological polar surface area (TPSA) is 87.5 Å². The average molecular weight is 607 g/mol. The fourth-order valence-electron chi connectivity index (χ4n) is 5.07. The van der Waals surface area contributed by atoms with Crippen LogP contribution in [0.15, 0.2) is 60.3 Å². The van der Waals surface area contributed by atoms with Crippen molar-refractivity contribution in [3.8, 4) is 17.6 Å². The summed E-state index contributed by atoms with van der Waals surface area (Å²) in [5.41, 5.74) is 3.29. The highest BCUT2D eigenvalue weighted by Gasteiger charge is 2.33. The predicted molar refractivity (Wildman–Crippen MR) is 163 cm³/mol. The number of aromatic nitrogens is 1. The zero-order valence-corrected chi connectivity index (χ0v) is 25.4. The number of allylic oxidation sites excluding steroid dienone is 1. The fourth-order valence-corrected chi connectivity index (χ4v) is 5.07. The molecule has 0 bridgehead atoms. The molecular weight excluding hydrogens is 569 g/mol. The molecule has 4 rings (SSSR count). The lowest BCUT2D eigenvalue weighted by atomic mass is 9.96. The third kappa shape index (κ3) is 8.31. The van der Waals surface area contributed by atoms with E-state index in [1.165, 1.54) is 4.90 Å². The third-order valence-corrected chi connectivity index (χ3v) is 7.31. The second-order valence-electron chi connectivity index (χ2n) is 11.1. The van der Waals surface area contributed by atoms with E-state index in [-0.39, 0.29) is 37.2 Å². The summed E-state index contributed by atoms with van der Waals surface area (Å²) < 4.78 is 53.0. The fraction of sp³-hybridized carbons (Fsp3) is 0.382. The molecule has 0 fully saturated rings. The van der Waals surface area contributed by atoms with Crippen molar-refractivity contribution in [1.29, 1.82) is 5.26 Å². The number of halogens is 3. The second-order valence-corrected chi connectivity index (χ2v) is 11.1. The summed E-state index contributed by atoms with van der Waals surface area (Å²) in [6, 6.07) is 13.2. The first-order valence-corrected chi connectivity index (χ1v) is 14.6. The molecule has 0 saturated carbocycles. The number of ether oxygens (including phenoxy) is 2. The highest BCUT2D eigenvalue weighted by atomic mass is 19.4. The summed E-state index contributed by atoms with van der Waals surface area (Å²) in [6.45, 7) is 6.57. The Morgan fingerprint density at radius 3 is 2.61 bits per heavy atom. The molecule has 0 radical (unpaired) electrons. The van der Waals surface area contributed by atoms with Gasteiger partial charge in [0.1, 0.15) is 11.5 Å². The smallest absolute Gasteiger partial charge is 0.416 e. The number of benzene rings is 2. The molecule has 7 nitrogen and oxygen atoms in total. The quantitative estimate of drug-likeness (QED) is 0.223. The number of nitriles is 1. The number of amides is 1. The van der Waals surface area contributed by atoms with Crippen molar-refractivity contribution >= 4 is 11.6 Å². The number of fused-ring (bicyclic) bond motifs is 1. The largest absolute Gasteiger partial charge is 0.497 e. The molecule has 0 atom stereocenters. The number of hydrogen-bond donors (Lipinski definition) is 1. The van der Waals surface area contributed by atoms with Gasteiger partial charge in [-0.15, -0.1) is 0 Å². The van der Waals surface area contributed by atoms with Crippen LogP contribution in [0.3, 0.4) is 0 Å². The number of aryl methyl sites for hydroxylation is 1. The molecule has 2 heterocycles. The number of nitrogens with zero attached hydrogens (tertiary/aromatic N) is 3. The Hall–Kier alpha value is -4.52. The van der Waals surface area contributed by atoms with Gasteiger partial charge in [-0.3, -0.25) is 9.78 Å². The first-order valence-electron chi connectivity index (χ1n) is 14.6. The maximum Gasteiger partial charge on any atom is 0.416 e. The van der Waals surface area contributed by atoms with Gasteiger partial charge < -0.3 is 19.7 Å². The summed E-state index contributed by atoms with van der Waals surface area (Å²) in [7, 11) is 1.54. The minimum atomic E-state index is -4.58. The summed E-state index contributed by atoms with van der Waals surface area (Å²) in [4.78, 5) is 19.8. The van der Waals surface area contributed by atoms with Crippen LogP contribution < -0.4 is 14.8 Å². The van der Waals surface area contributed by atoms with E-state index in [2.05, 4.69) is 23.3 Å². The summed E-state index contributed by atoms with van der Waals surface area (Å²) in [5, 5.41) is 12.3. The molecule has 44 heavy (non-hydrogen) atoms. The Kier molecular flexibility index (Phi) is 10.5. The molecule has 3 aromatic rings. The van der Waals surface area contributed by atoms with Crippen molar-refractivity contribution in [2.75, 3.05) is 32.1 Å². The molecule has 0 spiro atoms. The number of hydrogen-bond acceptors (Lipinski definition) is 6. The maximum absolute atomic E-state index is 13.8. The molecule has 1 aliphatic heterocycles. The van der Waals surface area contributed by atoms with E-state index in [9.17, 15) is 23.2 Å². The number of rotatable bonds is 12. The number of methoxy groups -OCH3 is 1. The van der Waals surface area contributed by atoms with Gasteiger partial charge in [-0.25, -0.2) is 0 Å². The highest BCUT2D eigenvalue weighted by molar-refractivity contribution is 5.99. The van der Waals surface area contributed by atoms with Gasteiger partial charge in [-0.1, -0.05) is 32.9 Å². The number of anilines is 1. The molecule has 1 N–H and O–H groups in total. The zero-order valence-electron chi connectivity index (χ0n) is 25.4. The van der Waals surface area contributed by atoms with E-state index in [0.717, 1.165) is 35.4 Å². The van der Waals surface area contributed by atoms with Crippen LogP contribution in [0.5, 0.6) is 11.5 Å². The molecular formula is C34H37F3N4O3. The Morgan fingerprint density at radius 2 is 1.98 bits per heavy atom. The van der Waals surface area contributed by atoms with Crippen molar-refractivity contribution in [2.24, 2.45) is 5.92 Å². The number of carbonyl (C=O) groups is 1. The van der Waals surface area contributed by atoms with Crippen LogP contribution in [0.1, 0.15) is 59.1 Å². The van der Waals surface area contributed by atoms with Gasteiger partial charge in [0.25, 0.3) is 5.91 Å². The van der Waals surface area contributed by atoms with Gasteiger partial charge in [0.2, 0.25) is 0 Å². The Bertz CT molecular complexity index is 1540. The average Bonchev–Trinajstić information content (AvgIpc) is 3.00. The lowest BCUT2D eigenvalue weighted by molar-refractivity contribution is -0.137. The lowest BCUT2D eigenvalue weighted by Gasteiger charge is -2.30. The van der Waals surface area contributed by atoms with Crippen LogP contribution in [0.25, 0.3) is 0 Å². The SMILES string of the molecule is CCc1ccc(CCOc2cc(OC)cc3c2C(=O)N(Cc2cc(NCC(C#N)=CC(C)C)cc(C(F)(F)F)c2)CC3)nc1. The van der Waals surface area contributed by atoms with Crippen LogP contribution in [0, 0.1) is 17.2 Å². The van der Waals surface area contributed by atoms with E-state index >= 15 is 0 Å². The molecule has 232 valence electrons. The van der Waals surface area contributed by atoms with Crippen molar-refractivity contribution < 1.29 is 27.4 Å². The van der Waals surface area contributed by atoms with Crippen LogP contribution in [0.2, 0.25) is 0 Å². The Balaban J connectivity index is 1.55. The van der Waals surface area contributed by atoms with E-state index in [1.54, 1.807) is 31.4 Å². The third-order valence-electron chi connectivity index (χ3n) is 7.31. The summed E-state index contributed by atoms with van der Waals surface area (Å²) in [6.07, 6.45) is 0.939. The van der Waals surface area contributed by atoms with E-state index in [4.69, 9.17) is 9.47 Å². The normalized spacial score (nSPS) is 13.5. The van der Waals surface area contributed by atoms with Crippen molar-refractivity contribution in [2.45, 2.75) is 52.8 Å². The minimum absolute atomic E-state index is 0.0248. The molecule has 1 aromatic heterocycles. The Labute approximate surface area is 256 Å². The monoisotopic (exact) mass is 606 g/mol. The predicted octanol–water partition coefficient (Wildman–Crippen LogP) is 7.01. The maximum atomic E-state index is 13.8. The van der Waals surface area contributed by atoms with Gasteiger partial charge >= 0.3 is 6.18 Å². The van der Waals surface area contributed by atoms with Crippen LogP contribution in [-0.2, 0) is 32.0 Å². The van der Waals surface area contributed by atoms with Crippen LogP contribution in [0.4, 0.5) is 18.9 Å². The molecule has 0 saturated heterocycles. The number of carbonyl (C=O) groups excluding carboxylic acids is 1. The lowest BCUT2D eigenvalue weighted by Crippen LogP contribution is -2.37. The molecule has 2 aromatic carbocycles. The first-order chi connectivity index (χ1) is 21.0. The molecule has 0 unspecified atom stereocenters. The molecule has 1 amide bonds. The molecule has 0 aliphatic carbocycles. The van der Waals surface area contributed by atoms with Gasteiger partial charge in [0.15, 0.2) is 0 Å². The van der Waals surface area contributed by atoms with E-state index < -0.39 is 11.7 Å². The molecule has 10 heteroatoms. The molecule has 1 aliphatic rings. The van der Waals surface area contributed by atoms with Gasteiger partial charge in [0.05, 0.1) is 30.9 Å². The number of alkyl halides is 3. The van der Waals surface area contributed by atoms with Crippen molar-refractivity contribution in [3.63, 3.8) is 0 Å². The zero-order chi connectivity index (χ0) is 31.9. The minimum Gasteiger partial charge on any atom is -0.497 e. The van der Waals surface area contributed by atoms with E-state index in [1.807, 2.05) is 32.2 Å². The van der Waals surface area contributed by atoms with E-state index in [0.29, 0.717) is 47.6 Å². The number of pyridine rings is 1. The summed E-state index contributed by atoms with van der Waals surface area (Å²) >= 11 is 0. The Morgan fingerprint density at radius 1 is 1.18 bits per heavy atom. The van der Waals surface area contributed by atoms with Crippen molar-refractivity contribution in [1.82, 2.24) is 9.88 Å². The van der Waals surface area contributed by atoms with Crippen molar-refractivity contribution in [3.05, 3.63) is 93.8 Å². The van der Waals surface area contributed by atoms with Crippen LogP contribution in [-0.4, -0.2) is 42.6 Å². The van der Waals surface area contributed by atoms with Crippen LogP contribution >= 0.6 is 0 Å².